The van der Waals surface area contributed by atoms with E-state index in [1.807, 2.05) is 31.1 Å². The monoisotopic (exact) mass is 389 g/mol. The molecular weight excluding hydrogens is 362 g/mol. The summed E-state index contributed by atoms with van der Waals surface area (Å²) in [5.74, 6) is -0.428. The molecule has 0 heterocycles. The fourth-order valence-corrected chi connectivity index (χ4v) is 3.41. The third-order valence-electron chi connectivity index (χ3n) is 4.12. The highest BCUT2D eigenvalue weighted by atomic mass is 32.2. The number of nitrogens with one attached hydrogen (secondary N) is 2. The predicted molar refractivity (Wildman–Crippen MR) is 110 cm³/mol. The Morgan fingerprint density at radius 2 is 1.52 bits per heavy atom. The van der Waals surface area contributed by atoms with Crippen molar-refractivity contribution in [2.24, 2.45) is 0 Å². The summed E-state index contributed by atoms with van der Waals surface area (Å²) in [4.78, 5) is 14.1. The van der Waals surface area contributed by atoms with Crippen LogP contribution in [-0.2, 0) is 20.2 Å². The zero-order valence-electron chi connectivity index (χ0n) is 16.4. The zero-order chi connectivity index (χ0) is 20.2. The van der Waals surface area contributed by atoms with Crippen LogP contribution >= 0.6 is 0 Å². The Morgan fingerprint density at radius 1 is 0.963 bits per heavy atom. The van der Waals surface area contributed by atoms with Gasteiger partial charge in [-0.05, 0) is 47.4 Å². The van der Waals surface area contributed by atoms with E-state index in [1.54, 1.807) is 36.4 Å². The topological polar surface area (TPSA) is 78.5 Å². The average molecular weight is 390 g/mol. The molecule has 1 amide bonds. The van der Waals surface area contributed by atoms with Gasteiger partial charge < -0.3 is 10.2 Å². The molecule has 0 aliphatic rings. The van der Waals surface area contributed by atoms with Crippen molar-refractivity contribution in [2.45, 2.75) is 31.1 Å². The molecule has 0 aromatic heterocycles. The van der Waals surface area contributed by atoms with Crippen LogP contribution < -0.4 is 14.9 Å². The van der Waals surface area contributed by atoms with Gasteiger partial charge in [-0.25, -0.2) is 13.1 Å². The summed E-state index contributed by atoms with van der Waals surface area (Å²) >= 11 is 0. The van der Waals surface area contributed by atoms with E-state index in [1.165, 1.54) is 0 Å². The summed E-state index contributed by atoms with van der Waals surface area (Å²) in [6, 6.07) is 14.0. The number of carbonyl (C=O) groups is 1. The van der Waals surface area contributed by atoms with Gasteiger partial charge in [-0.3, -0.25) is 4.79 Å². The van der Waals surface area contributed by atoms with E-state index in [4.69, 9.17) is 0 Å². The Kier molecular flexibility index (Phi) is 6.28. The highest BCUT2D eigenvalue weighted by Crippen LogP contribution is 2.23. The number of benzene rings is 2. The Hall–Kier alpha value is -2.38. The highest BCUT2D eigenvalue weighted by molar-refractivity contribution is 7.89. The number of anilines is 2. The molecule has 2 aromatic carbocycles. The molecule has 2 rings (SSSR count). The smallest absolute Gasteiger partial charge is 0.241 e. The lowest BCUT2D eigenvalue weighted by Crippen LogP contribution is -2.33. The van der Waals surface area contributed by atoms with Crippen LogP contribution in [0.4, 0.5) is 11.4 Å². The van der Waals surface area contributed by atoms with Crippen molar-refractivity contribution >= 4 is 27.3 Å². The predicted octanol–water partition coefficient (Wildman–Crippen LogP) is 2.97. The molecular formula is C20H27N3O3S. The standard InChI is InChI=1S/C20H27N3O3S/c1-20(2,3)15-6-12-18(13-7-15)27(25,26)21-14-19(24)22-16-8-10-17(11-9-16)23(4)5/h6-13,21H,14H2,1-5H3,(H,22,24). The third-order valence-corrected chi connectivity index (χ3v) is 5.54. The van der Waals surface area contributed by atoms with Crippen molar-refractivity contribution in [1.82, 2.24) is 4.72 Å². The first-order valence-corrected chi connectivity index (χ1v) is 10.1. The van der Waals surface area contributed by atoms with Crippen molar-refractivity contribution in [3.63, 3.8) is 0 Å². The molecule has 0 saturated heterocycles. The van der Waals surface area contributed by atoms with Crippen LogP contribution in [-0.4, -0.2) is 35.0 Å². The van der Waals surface area contributed by atoms with E-state index in [9.17, 15) is 13.2 Å². The minimum absolute atomic E-state index is 0.0578. The molecule has 0 radical (unpaired) electrons. The van der Waals surface area contributed by atoms with Crippen molar-refractivity contribution in [3.8, 4) is 0 Å². The van der Waals surface area contributed by atoms with Gasteiger partial charge in [-0.15, -0.1) is 0 Å². The Labute approximate surface area is 161 Å². The summed E-state index contributed by atoms with van der Waals surface area (Å²) in [6.45, 7) is 5.84. The van der Waals surface area contributed by atoms with Crippen LogP contribution in [0.5, 0.6) is 0 Å². The number of rotatable bonds is 6. The van der Waals surface area contributed by atoms with E-state index in [0.717, 1.165) is 11.3 Å². The maximum absolute atomic E-state index is 12.4. The van der Waals surface area contributed by atoms with Crippen molar-refractivity contribution in [3.05, 3.63) is 54.1 Å². The quantitative estimate of drug-likeness (QED) is 0.796. The normalized spacial score (nSPS) is 11.9. The molecule has 146 valence electrons. The number of nitrogens with zero attached hydrogens (tertiary/aromatic N) is 1. The van der Waals surface area contributed by atoms with Gasteiger partial charge in [-0.2, -0.15) is 0 Å². The summed E-state index contributed by atoms with van der Waals surface area (Å²) < 4.78 is 27.1. The van der Waals surface area contributed by atoms with Crippen LogP contribution in [0.25, 0.3) is 0 Å². The fraction of sp³-hybridized carbons (Fsp3) is 0.350. The van der Waals surface area contributed by atoms with Crippen LogP contribution in [0.1, 0.15) is 26.3 Å². The molecule has 0 unspecified atom stereocenters. The number of amides is 1. The fourth-order valence-electron chi connectivity index (χ4n) is 2.43. The third kappa shape index (κ3) is 5.80. The molecule has 2 aromatic rings. The maximum Gasteiger partial charge on any atom is 0.241 e. The average Bonchev–Trinajstić information content (AvgIpc) is 2.60. The highest BCUT2D eigenvalue weighted by Gasteiger charge is 2.18. The number of hydrogen-bond acceptors (Lipinski definition) is 4. The second-order valence-electron chi connectivity index (χ2n) is 7.59. The molecule has 0 bridgehead atoms. The van der Waals surface area contributed by atoms with E-state index in [-0.39, 0.29) is 16.9 Å². The first-order valence-electron chi connectivity index (χ1n) is 8.66. The van der Waals surface area contributed by atoms with Gasteiger partial charge in [-0.1, -0.05) is 32.9 Å². The summed E-state index contributed by atoms with van der Waals surface area (Å²) in [5.41, 5.74) is 2.60. The minimum atomic E-state index is -3.75. The summed E-state index contributed by atoms with van der Waals surface area (Å²) in [5, 5.41) is 2.68. The number of hydrogen-bond donors (Lipinski definition) is 2. The van der Waals surface area contributed by atoms with Gasteiger partial charge >= 0.3 is 0 Å². The lowest BCUT2D eigenvalue weighted by molar-refractivity contribution is -0.115. The van der Waals surface area contributed by atoms with Gasteiger partial charge in [0.1, 0.15) is 0 Å². The van der Waals surface area contributed by atoms with E-state index in [2.05, 4.69) is 30.8 Å². The van der Waals surface area contributed by atoms with Crippen molar-refractivity contribution in [2.75, 3.05) is 30.9 Å². The molecule has 0 aliphatic carbocycles. The minimum Gasteiger partial charge on any atom is -0.378 e. The first kappa shape index (κ1) is 20.9. The largest absolute Gasteiger partial charge is 0.378 e. The molecule has 0 atom stereocenters. The lowest BCUT2D eigenvalue weighted by atomic mass is 9.87. The van der Waals surface area contributed by atoms with Crippen LogP contribution in [0, 0.1) is 0 Å². The summed E-state index contributed by atoms with van der Waals surface area (Å²) in [7, 11) is 0.109. The number of sulfonamides is 1. The molecule has 0 fully saturated rings. The van der Waals surface area contributed by atoms with E-state index in [0.29, 0.717) is 5.69 Å². The molecule has 0 saturated carbocycles. The molecule has 6 nitrogen and oxygen atoms in total. The number of carbonyl (C=O) groups excluding carboxylic acids is 1. The Bertz CT molecular complexity index is 882. The Balaban J connectivity index is 1.97. The second-order valence-corrected chi connectivity index (χ2v) is 9.36. The van der Waals surface area contributed by atoms with Gasteiger partial charge in [0.05, 0.1) is 11.4 Å². The summed E-state index contributed by atoms with van der Waals surface area (Å²) in [6.07, 6.45) is 0. The van der Waals surface area contributed by atoms with E-state index < -0.39 is 15.9 Å². The zero-order valence-corrected chi connectivity index (χ0v) is 17.2. The van der Waals surface area contributed by atoms with Gasteiger partial charge in [0.15, 0.2) is 0 Å². The van der Waals surface area contributed by atoms with Crippen molar-refractivity contribution < 1.29 is 13.2 Å². The molecule has 0 aliphatic heterocycles. The van der Waals surface area contributed by atoms with Crippen LogP contribution in [0.3, 0.4) is 0 Å². The van der Waals surface area contributed by atoms with Crippen LogP contribution in [0.2, 0.25) is 0 Å². The van der Waals surface area contributed by atoms with Gasteiger partial charge in [0, 0.05) is 25.5 Å². The van der Waals surface area contributed by atoms with Crippen LogP contribution in [0.15, 0.2) is 53.4 Å². The lowest BCUT2D eigenvalue weighted by Gasteiger charge is -2.19. The first-order chi connectivity index (χ1) is 12.5. The molecule has 27 heavy (non-hydrogen) atoms. The SMILES string of the molecule is CN(C)c1ccc(NC(=O)CNS(=O)(=O)c2ccc(C(C)(C)C)cc2)cc1. The maximum atomic E-state index is 12.4. The molecule has 7 heteroatoms. The van der Waals surface area contributed by atoms with Gasteiger partial charge in [0.25, 0.3) is 0 Å². The molecule has 0 spiro atoms. The second kappa shape index (κ2) is 8.10. The van der Waals surface area contributed by atoms with Crippen molar-refractivity contribution in [1.29, 1.82) is 0 Å². The van der Waals surface area contributed by atoms with E-state index >= 15 is 0 Å². The van der Waals surface area contributed by atoms with Gasteiger partial charge in [0.2, 0.25) is 15.9 Å². The molecule has 2 N–H and O–H groups in total. The Morgan fingerprint density at radius 3 is 2.00 bits per heavy atom.